The van der Waals surface area contributed by atoms with Gasteiger partial charge >= 0.3 is 0 Å². The van der Waals surface area contributed by atoms with Crippen molar-refractivity contribution in [2.75, 3.05) is 37.7 Å². The van der Waals surface area contributed by atoms with Crippen LogP contribution in [0.4, 0.5) is 17.3 Å². The van der Waals surface area contributed by atoms with E-state index in [0.717, 1.165) is 57.4 Å². The smallest absolute Gasteiger partial charge is 0.261 e. The molecule has 1 saturated heterocycles. The molecule has 4 rings (SSSR count). The van der Waals surface area contributed by atoms with Crippen LogP contribution in [-0.2, 0) is 12.0 Å². The van der Waals surface area contributed by atoms with Crippen LogP contribution in [0, 0.1) is 0 Å². The predicted octanol–water partition coefficient (Wildman–Crippen LogP) is 3.54. The third-order valence-electron chi connectivity index (χ3n) is 6.72. The highest BCUT2D eigenvalue weighted by Gasteiger charge is 2.37. The molecule has 0 saturated carbocycles. The van der Waals surface area contributed by atoms with Crippen molar-refractivity contribution in [3.63, 3.8) is 0 Å². The molecule has 0 unspecified atom stereocenters. The molecule has 0 atom stereocenters. The number of rotatable bonds is 10. The molecule has 0 aromatic carbocycles. The summed E-state index contributed by atoms with van der Waals surface area (Å²) in [6.07, 6.45) is 6.40. The van der Waals surface area contributed by atoms with Gasteiger partial charge in [-0.25, -0.2) is 9.97 Å². The summed E-state index contributed by atoms with van der Waals surface area (Å²) in [6, 6.07) is 5.24. The fraction of sp³-hybridized carbons (Fsp3) is 0.480. The van der Waals surface area contributed by atoms with E-state index in [1.54, 1.807) is 24.4 Å². The van der Waals surface area contributed by atoms with E-state index in [4.69, 9.17) is 15.2 Å². The summed E-state index contributed by atoms with van der Waals surface area (Å²) in [7, 11) is 2.01. The lowest BCUT2D eigenvalue weighted by atomic mass is 9.76. The van der Waals surface area contributed by atoms with Crippen LogP contribution in [0.2, 0.25) is 0 Å². The number of nitrogens with two attached hydrogens (primary N) is 1. The van der Waals surface area contributed by atoms with Gasteiger partial charge in [-0.1, -0.05) is 19.0 Å². The van der Waals surface area contributed by atoms with E-state index in [9.17, 15) is 4.79 Å². The zero-order chi connectivity index (χ0) is 24.8. The highest BCUT2D eigenvalue weighted by molar-refractivity contribution is 5.77. The first-order chi connectivity index (χ1) is 17.0. The van der Waals surface area contributed by atoms with Crippen molar-refractivity contribution in [1.29, 1.82) is 0 Å². The highest BCUT2D eigenvalue weighted by Crippen LogP contribution is 2.36. The van der Waals surface area contributed by atoms with Gasteiger partial charge in [-0.3, -0.25) is 4.79 Å². The number of carbonyl (C=O) groups excluding carboxylic acids is 1. The second kappa shape index (κ2) is 10.9. The minimum Gasteiger partial charge on any atom is -0.398 e. The number of piperidine rings is 1. The summed E-state index contributed by atoms with van der Waals surface area (Å²) in [5.41, 5.74) is 8.63. The van der Waals surface area contributed by atoms with Crippen molar-refractivity contribution in [3.05, 3.63) is 41.5 Å². The van der Waals surface area contributed by atoms with E-state index >= 15 is 0 Å². The van der Waals surface area contributed by atoms with E-state index in [-0.39, 0.29) is 5.41 Å². The molecule has 4 heterocycles. The number of nitrogen functional groups attached to an aromatic ring is 1. The minimum absolute atomic E-state index is 0.0705. The van der Waals surface area contributed by atoms with E-state index in [1.165, 1.54) is 0 Å². The molecule has 0 aliphatic carbocycles. The van der Waals surface area contributed by atoms with Gasteiger partial charge < -0.3 is 25.8 Å². The van der Waals surface area contributed by atoms with E-state index in [2.05, 4.69) is 44.5 Å². The predicted molar refractivity (Wildman–Crippen MR) is 136 cm³/mol. The van der Waals surface area contributed by atoms with Crippen LogP contribution in [-0.4, -0.2) is 58.0 Å². The summed E-state index contributed by atoms with van der Waals surface area (Å²) in [6.45, 7) is 7.68. The Balaban J connectivity index is 1.52. The molecule has 1 aliphatic heterocycles. The Bertz CT molecular complexity index is 1160. The topological polar surface area (TPSA) is 135 Å². The Hall–Kier alpha value is -3.37. The van der Waals surface area contributed by atoms with Crippen molar-refractivity contribution in [1.82, 2.24) is 30.3 Å². The van der Waals surface area contributed by atoms with Crippen LogP contribution in [0.3, 0.4) is 0 Å². The lowest BCUT2D eigenvalue weighted by Gasteiger charge is -2.33. The lowest BCUT2D eigenvalue weighted by molar-refractivity contribution is 0.112. The Morgan fingerprint density at radius 3 is 2.71 bits per heavy atom. The average molecular weight is 479 g/mol. The maximum atomic E-state index is 11.5. The molecule has 1 fully saturated rings. The van der Waals surface area contributed by atoms with Crippen LogP contribution in [0.15, 0.2) is 28.9 Å². The summed E-state index contributed by atoms with van der Waals surface area (Å²) in [5, 5.41) is 10.9. The molecule has 1 aliphatic rings. The van der Waals surface area contributed by atoms with Gasteiger partial charge in [0, 0.05) is 35.5 Å². The van der Waals surface area contributed by atoms with Crippen molar-refractivity contribution in [2.45, 2.75) is 51.5 Å². The summed E-state index contributed by atoms with van der Waals surface area (Å²) in [4.78, 5) is 27.4. The molecule has 10 nitrogen and oxygen atoms in total. The molecular weight excluding hydrogens is 444 g/mol. The Kier molecular flexibility index (Phi) is 7.72. The zero-order valence-corrected chi connectivity index (χ0v) is 20.7. The van der Waals surface area contributed by atoms with Crippen LogP contribution in [0.1, 0.15) is 61.4 Å². The monoisotopic (exact) mass is 478 g/mol. The van der Waals surface area contributed by atoms with Crippen molar-refractivity contribution in [3.8, 4) is 11.5 Å². The maximum absolute atomic E-state index is 11.5. The van der Waals surface area contributed by atoms with Gasteiger partial charge in [0.2, 0.25) is 0 Å². The summed E-state index contributed by atoms with van der Waals surface area (Å²) < 4.78 is 5.60. The molecule has 0 amide bonds. The van der Waals surface area contributed by atoms with Crippen molar-refractivity contribution >= 4 is 23.6 Å². The number of aromatic nitrogens is 4. The van der Waals surface area contributed by atoms with Gasteiger partial charge in [-0.2, -0.15) is 4.98 Å². The Morgan fingerprint density at radius 2 is 2.03 bits per heavy atom. The quantitative estimate of drug-likeness (QED) is 0.371. The second-order valence-electron chi connectivity index (χ2n) is 9.18. The van der Waals surface area contributed by atoms with Crippen LogP contribution in [0.25, 0.3) is 11.5 Å². The van der Waals surface area contributed by atoms with Crippen LogP contribution in [0.5, 0.6) is 0 Å². The SMILES string of the molecule is CCCN(C)Cc1nc(Nc2cc(N)c(-c3nc(C4(CC)CCNCC4)no3)cn2)ccc1C=O. The van der Waals surface area contributed by atoms with Gasteiger partial charge in [-0.05, 0) is 64.5 Å². The number of anilines is 3. The number of pyridine rings is 2. The van der Waals surface area contributed by atoms with E-state index in [0.29, 0.717) is 46.6 Å². The largest absolute Gasteiger partial charge is 0.398 e. The normalized spacial score (nSPS) is 15.3. The van der Waals surface area contributed by atoms with Gasteiger partial charge in [0.25, 0.3) is 5.89 Å². The molecule has 3 aromatic heterocycles. The van der Waals surface area contributed by atoms with Crippen LogP contribution >= 0.6 is 0 Å². The third-order valence-corrected chi connectivity index (χ3v) is 6.72. The molecule has 186 valence electrons. The Labute approximate surface area is 205 Å². The molecule has 10 heteroatoms. The number of aldehydes is 1. The molecular formula is C25H34N8O2. The summed E-state index contributed by atoms with van der Waals surface area (Å²) >= 11 is 0. The molecule has 3 aromatic rings. The fourth-order valence-corrected chi connectivity index (χ4v) is 4.57. The maximum Gasteiger partial charge on any atom is 0.261 e. The summed E-state index contributed by atoms with van der Waals surface area (Å²) in [5.74, 6) is 2.23. The van der Waals surface area contributed by atoms with Gasteiger partial charge in [-0.15, -0.1) is 0 Å². The van der Waals surface area contributed by atoms with Crippen molar-refractivity contribution < 1.29 is 9.32 Å². The van der Waals surface area contributed by atoms with Crippen LogP contribution < -0.4 is 16.4 Å². The zero-order valence-electron chi connectivity index (χ0n) is 20.7. The first-order valence-electron chi connectivity index (χ1n) is 12.2. The number of carbonyl (C=O) groups is 1. The van der Waals surface area contributed by atoms with E-state index < -0.39 is 0 Å². The Morgan fingerprint density at radius 1 is 1.23 bits per heavy atom. The van der Waals surface area contributed by atoms with Crippen molar-refractivity contribution in [2.24, 2.45) is 0 Å². The average Bonchev–Trinajstić information content (AvgIpc) is 3.35. The number of nitrogens with zero attached hydrogens (tertiary/aromatic N) is 5. The molecule has 35 heavy (non-hydrogen) atoms. The standard InChI is InChI=1S/C25H34N8O2/c1-4-12-33(3)15-20-17(16-34)6-7-21(29-20)30-22-13-19(26)18(14-28-22)23-31-24(32-35-23)25(5-2)8-10-27-11-9-25/h6-7,13-14,16,27H,4-5,8-12,15H2,1-3H3,(H3,26,28,29,30). The number of hydrogen-bond donors (Lipinski definition) is 3. The van der Waals surface area contributed by atoms with Gasteiger partial charge in [0.15, 0.2) is 12.1 Å². The molecule has 0 bridgehead atoms. The first-order valence-corrected chi connectivity index (χ1v) is 12.2. The fourth-order valence-electron chi connectivity index (χ4n) is 4.57. The minimum atomic E-state index is -0.0705. The lowest BCUT2D eigenvalue weighted by Crippen LogP contribution is -2.40. The molecule has 0 radical (unpaired) electrons. The number of hydrogen-bond acceptors (Lipinski definition) is 10. The number of nitrogens with one attached hydrogen (secondary N) is 2. The van der Waals surface area contributed by atoms with Gasteiger partial charge in [0.05, 0.1) is 11.3 Å². The second-order valence-corrected chi connectivity index (χ2v) is 9.18. The highest BCUT2D eigenvalue weighted by atomic mass is 16.5. The molecule has 4 N–H and O–H groups in total. The third kappa shape index (κ3) is 5.49. The first kappa shape index (κ1) is 24.7. The molecule has 0 spiro atoms. The van der Waals surface area contributed by atoms with Gasteiger partial charge in [0.1, 0.15) is 11.6 Å². The van der Waals surface area contributed by atoms with E-state index in [1.807, 2.05) is 7.05 Å².